The second-order valence-corrected chi connectivity index (χ2v) is 8.62. The first kappa shape index (κ1) is 21.8. The van der Waals surface area contributed by atoms with Gasteiger partial charge in [0.1, 0.15) is 5.82 Å². The second kappa shape index (κ2) is 9.06. The maximum atomic E-state index is 14.2. The van der Waals surface area contributed by atoms with Crippen molar-refractivity contribution < 1.29 is 14.0 Å². The van der Waals surface area contributed by atoms with Crippen molar-refractivity contribution in [2.45, 2.75) is 31.6 Å². The Morgan fingerprint density at radius 3 is 2.47 bits per heavy atom. The van der Waals surface area contributed by atoms with E-state index in [1.807, 2.05) is 49.4 Å². The molecule has 34 heavy (non-hydrogen) atoms. The molecular formula is C28H24FN3O2. The zero-order chi connectivity index (χ0) is 23.7. The summed E-state index contributed by atoms with van der Waals surface area (Å²) in [7, 11) is 0. The van der Waals surface area contributed by atoms with E-state index in [1.54, 1.807) is 24.4 Å². The number of nitrogens with zero attached hydrogens (tertiary/aromatic N) is 1. The molecule has 1 aromatic heterocycles. The molecule has 3 aromatic rings. The summed E-state index contributed by atoms with van der Waals surface area (Å²) in [6.07, 6.45) is 2.67. The Labute approximate surface area is 197 Å². The van der Waals surface area contributed by atoms with Crippen molar-refractivity contribution in [3.05, 3.63) is 119 Å². The number of amides is 1. The SMILES string of the molecule is CC1=C(C(=O)Nc2ccccc2F)C(c2ccccn2)C2=C(CC(c3ccccc3)CC2=O)N1. The van der Waals surface area contributed by atoms with Crippen LogP contribution in [0.1, 0.15) is 42.9 Å². The van der Waals surface area contributed by atoms with Crippen LogP contribution in [0.15, 0.2) is 102 Å². The van der Waals surface area contributed by atoms with E-state index in [1.165, 1.54) is 12.1 Å². The fraction of sp³-hybridized carbons (Fsp3) is 0.179. The Morgan fingerprint density at radius 2 is 1.74 bits per heavy atom. The second-order valence-electron chi connectivity index (χ2n) is 8.62. The summed E-state index contributed by atoms with van der Waals surface area (Å²) in [4.78, 5) is 31.5. The first-order valence-corrected chi connectivity index (χ1v) is 11.3. The predicted octanol–water partition coefficient (Wildman–Crippen LogP) is 5.22. The lowest BCUT2D eigenvalue weighted by atomic mass is 9.72. The fourth-order valence-corrected chi connectivity index (χ4v) is 4.90. The minimum Gasteiger partial charge on any atom is -0.362 e. The van der Waals surface area contributed by atoms with E-state index in [0.29, 0.717) is 35.4 Å². The molecule has 1 amide bonds. The molecule has 5 nitrogen and oxygen atoms in total. The number of pyridine rings is 1. The third-order valence-electron chi connectivity index (χ3n) is 6.45. The zero-order valence-corrected chi connectivity index (χ0v) is 18.7. The number of halogens is 1. The average molecular weight is 454 g/mol. The van der Waals surface area contributed by atoms with Crippen LogP contribution < -0.4 is 10.6 Å². The number of carbonyl (C=O) groups is 2. The van der Waals surface area contributed by atoms with Crippen LogP contribution >= 0.6 is 0 Å². The number of hydrogen-bond acceptors (Lipinski definition) is 4. The molecule has 2 N–H and O–H groups in total. The Bertz CT molecular complexity index is 1320. The van der Waals surface area contributed by atoms with Gasteiger partial charge in [-0.3, -0.25) is 14.6 Å². The number of anilines is 1. The maximum absolute atomic E-state index is 14.2. The van der Waals surface area contributed by atoms with Crippen molar-refractivity contribution in [2.24, 2.45) is 0 Å². The van der Waals surface area contributed by atoms with Crippen LogP contribution in [0, 0.1) is 5.82 Å². The van der Waals surface area contributed by atoms with Gasteiger partial charge in [-0.2, -0.15) is 0 Å². The Morgan fingerprint density at radius 1 is 1.00 bits per heavy atom. The van der Waals surface area contributed by atoms with Crippen LogP contribution in [-0.4, -0.2) is 16.7 Å². The molecule has 2 atom stereocenters. The highest BCUT2D eigenvalue weighted by Crippen LogP contribution is 2.45. The zero-order valence-electron chi connectivity index (χ0n) is 18.7. The van der Waals surface area contributed by atoms with Crippen molar-refractivity contribution in [1.29, 1.82) is 0 Å². The molecule has 5 rings (SSSR count). The summed E-state index contributed by atoms with van der Waals surface area (Å²) in [5, 5.41) is 6.02. The quantitative estimate of drug-likeness (QED) is 0.568. The lowest BCUT2D eigenvalue weighted by Gasteiger charge is -2.36. The summed E-state index contributed by atoms with van der Waals surface area (Å²) < 4.78 is 14.2. The van der Waals surface area contributed by atoms with Gasteiger partial charge in [0.25, 0.3) is 5.91 Å². The number of ketones is 1. The molecule has 2 aliphatic rings. The van der Waals surface area contributed by atoms with Gasteiger partial charge in [-0.1, -0.05) is 48.5 Å². The number of hydrogen-bond donors (Lipinski definition) is 2. The van der Waals surface area contributed by atoms with Gasteiger partial charge >= 0.3 is 0 Å². The standard InChI is InChI=1S/C28H24FN3O2/c1-17-25(28(34)32-21-12-6-5-11-20(21)29)27(22-13-7-8-14-30-22)26-23(31-17)15-19(16-24(26)33)18-9-3-2-4-10-18/h2-14,19,27,31H,15-16H2,1H3,(H,32,34). The van der Waals surface area contributed by atoms with Crippen molar-refractivity contribution in [2.75, 3.05) is 5.32 Å². The largest absolute Gasteiger partial charge is 0.362 e. The Kier molecular flexibility index (Phi) is 5.80. The molecule has 170 valence electrons. The normalized spacial score (nSPS) is 20.0. The number of dihydropyridines is 1. The fourth-order valence-electron chi connectivity index (χ4n) is 4.90. The van der Waals surface area contributed by atoms with Gasteiger partial charge in [0.2, 0.25) is 0 Å². The molecule has 1 aliphatic carbocycles. The van der Waals surface area contributed by atoms with Crippen LogP contribution in [0.2, 0.25) is 0 Å². The van der Waals surface area contributed by atoms with Crippen LogP contribution in [0.25, 0.3) is 0 Å². The van der Waals surface area contributed by atoms with Gasteiger partial charge in [-0.25, -0.2) is 4.39 Å². The lowest BCUT2D eigenvalue weighted by Crippen LogP contribution is -2.37. The summed E-state index contributed by atoms with van der Waals surface area (Å²) >= 11 is 0. The summed E-state index contributed by atoms with van der Waals surface area (Å²) in [6, 6.07) is 21.5. The van der Waals surface area contributed by atoms with Crippen LogP contribution in [0.5, 0.6) is 0 Å². The predicted molar refractivity (Wildman–Crippen MR) is 128 cm³/mol. The first-order valence-electron chi connectivity index (χ1n) is 11.3. The highest BCUT2D eigenvalue weighted by molar-refractivity contribution is 6.09. The maximum Gasteiger partial charge on any atom is 0.254 e. The van der Waals surface area contributed by atoms with Gasteiger partial charge in [0.05, 0.1) is 17.3 Å². The molecule has 0 radical (unpaired) electrons. The van der Waals surface area contributed by atoms with Gasteiger partial charge in [-0.05, 0) is 49.1 Å². The van der Waals surface area contributed by atoms with Crippen molar-refractivity contribution in [3.8, 4) is 0 Å². The number of benzene rings is 2. The van der Waals surface area contributed by atoms with Crippen LogP contribution in [-0.2, 0) is 9.59 Å². The Balaban J connectivity index is 1.56. The van der Waals surface area contributed by atoms with Gasteiger partial charge < -0.3 is 10.6 Å². The molecule has 1 aliphatic heterocycles. The minimum absolute atomic E-state index is 0.0121. The highest BCUT2D eigenvalue weighted by Gasteiger charge is 2.41. The lowest BCUT2D eigenvalue weighted by molar-refractivity contribution is -0.116. The minimum atomic E-state index is -0.631. The number of nitrogens with one attached hydrogen (secondary N) is 2. The number of Topliss-reactive ketones (excluding diaryl/α,β-unsaturated/α-hetero) is 1. The number of carbonyl (C=O) groups excluding carboxylic acids is 2. The van der Waals surface area contributed by atoms with Crippen molar-refractivity contribution in [3.63, 3.8) is 0 Å². The molecule has 0 spiro atoms. The molecule has 2 unspecified atom stereocenters. The van der Waals surface area contributed by atoms with E-state index in [-0.39, 0.29) is 17.4 Å². The van der Waals surface area contributed by atoms with Gasteiger partial charge in [0, 0.05) is 35.2 Å². The first-order chi connectivity index (χ1) is 16.5. The van der Waals surface area contributed by atoms with Crippen molar-refractivity contribution in [1.82, 2.24) is 10.3 Å². The molecular weight excluding hydrogens is 429 g/mol. The molecule has 2 heterocycles. The highest BCUT2D eigenvalue weighted by atomic mass is 19.1. The molecule has 0 saturated carbocycles. The van der Waals surface area contributed by atoms with Crippen LogP contribution in [0.4, 0.5) is 10.1 Å². The summed E-state index contributed by atoms with van der Waals surface area (Å²) in [5.74, 6) is -1.57. The Hall–Kier alpha value is -4.06. The monoisotopic (exact) mass is 453 g/mol. The summed E-state index contributed by atoms with van der Waals surface area (Å²) in [6.45, 7) is 1.81. The molecule has 2 aromatic carbocycles. The number of allylic oxidation sites excluding steroid dienone is 3. The van der Waals surface area contributed by atoms with Crippen LogP contribution in [0.3, 0.4) is 0 Å². The van der Waals surface area contributed by atoms with E-state index >= 15 is 0 Å². The number of rotatable bonds is 4. The molecule has 0 bridgehead atoms. The third kappa shape index (κ3) is 4.03. The molecule has 6 heteroatoms. The van der Waals surface area contributed by atoms with Gasteiger partial charge in [-0.15, -0.1) is 0 Å². The topological polar surface area (TPSA) is 71.1 Å². The molecule has 0 saturated heterocycles. The smallest absolute Gasteiger partial charge is 0.254 e. The van der Waals surface area contributed by atoms with E-state index in [2.05, 4.69) is 15.6 Å². The van der Waals surface area contributed by atoms with Crippen molar-refractivity contribution >= 4 is 17.4 Å². The summed E-state index contributed by atoms with van der Waals surface area (Å²) in [5.41, 5.74) is 4.20. The van der Waals surface area contributed by atoms with E-state index < -0.39 is 17.6 Å². The van der Waals surface area contributed by atoms with Gasteiger partial charge in [0.15, 0.2) is 5.78 Å². The van der Waals surface area contributed by atoms with E-state index in [4.69, 9.17) is 0 Å². The average Bonchev–Trinajstić information content (AvgIpc) is 2.85. The number of para-hydroxylation sites is 1. The third-order valence-corrected chi connectivity index (χ3v) is 6.45. The molecule has 0 fully saturated rings. The number of aromatic nitrogens is 1. The van der Waals surface area contributed by atoms with E-state index in [9.17, 15) is 14.0 Å². The van der Waals surface area contributed by atoms with E-state index in [0.717, 1.165) is 11.3 Å².